The van der Waals surface area contributed by atoms with E-state index in [1.165, 1.54) is 19.3 Å². The summed E-state index contributed by atoms with van der Waals surface area (Å²) < 4.78 is 0. The number of rotatable bonds is 4. The Balaban J connectivity index is 1.92. The van der Waals surface area contributed by atoms with E-state index in [-0.39, 0.29) is 0 Å². The first-order valence-corrected chi connectivity index (χ1v) is 6.65. The van der Waals surface area contributed by atoms with Gasteiger partial charge >= 0.3 is 5.97 Å². The lowest BCUT2D eigenvalue weighted by molar-refractivity contribution is -0.153. The van der Waals surface area contributed by atoms with Crippen molar-refractivity contribution in [3.63, 3.8) is 0 Å². The van der Waals surface area contributed by atoms with Crippen molar-refractivity contribution < 1.29 is 9.90 Å². The summed E-state index contributed by atoms with van der Waals surface area (Å²) in [5.41, 5.74) is -0.408. The number of carboxylic acid groups (broad SMARTS) is 1. The van der Waals surface area contributed by atoms with Crippen molar-refractivity contribution in [2.75, 3.05) is 13.1 Å². The van der Waals surface area contributed by atoms with Crippen LogP contribution in [-0.4, -0.2) is 35.1 Å². The van der Waals surface area contributed by atoms with Gasteiger partial charge in [-0.3, -0.25) is 4.79 Å². The number of hydrogen-bond acceptors (Lipinski definition) is 2. The Hall–Kier alpha value is -0.570. The molecule has 0 unspecified atom stereocenters. The predicted molar refractivity (Wildman–Crippen MR) is 63.4 cm³/mol. The van der Waals surface area contributed by atoms with Gasteiger partial charge in [-0.1, -0.05) is 19.8 Å². The third-order valence-corrected chi connectivity index (χ3v) is 4.53. The van der Waals surface area contributed by atoms with Crippen molar-refractivity contribution >= 4 is 5.97 Å². The van der Waals surface area contributed by atoms with Crippen LogP contribution in [0, 0.1) is 5.41 Å². The summed E-state index contributed by atoms with van der Waals surface area (Å²) in [5, 5.41) is 9.40. The minimum absolute atomic E-state index is 0.408. The minimum atomic E-state index is -0.567. The molecule has 0 amide bonds. The molecule has 16 heavy (non-hydrogen) atoms. The van der Waals surface area contributed by atoms with Gasteiger partial charge in [0.15, 0.2) is 0 Å². The van der Waals surface area contributed by atoms with E-state index in [9.17, 15) is 9.90 Å². The van der Waals surface area contributed by atoms with Gasteiger partial charge in [-0.05, 0) is 45.2 Å². The van der Waals surface area contributed by atoms with Crippen LogP contribution in [0.1, 0.15) is 51.9 Å². The molecule has 2 aliphatic rings. The maximum absolute atomic E-state index is 11.4. The molecule has 3 nitrogen and oxygen atoms in total. The molecule has 1 saturated carbocycles. The second-order valence-electron chi connectivity index (χ2n) is 5.46. The zero-order valence-electron chi connectivity index (χ0n) is 10.2. The maximum Gasteiger partial charge on any atom is 0.309 e. The van der Waals surface area contributed by atoms with Gasteiger partial charge in [-0.2, -0.15) is 0 Å². The Kier molecular flexibility index (Phi) is 3.53. The highest BCUT2D eigenvalue weighted by molar-refractivity contribution is 5.74. The molecule has 0 aromatic heterocycles. The summed E-state index contributed by atoms with van der Waals surface area (Å²) in [6.07, 6.45) is 7.55. The van der Waals surface area contributed by atoms with Gasteiger partial charge in [0.2, 0.25) is 0 Å². The van der Waals surface area contributed by atoms with Crippen LogP contribution in [-0.2, 0) is 4.79 Å². The Morgan fingerprint density at radius 1 is 1.38 bits per heavy atom. The van der Waals surface area contributed by atoms with Crippen LogP contribution in [0.5, 0.6) is 0 Å². The van der Waals surface area contributed by atoms with E-state index in [1.54, 1.807) is 0 Å². The molecule has 3 heteroatoms. The molecule has 2 rings (SSSR count). The standard InChI is InChI=1S/C13H23NO2/c1-2-6-13(12(15)16)7-9-14(10-8-13)11-4-3-5-11/h11H,2-10H2,1H3,(H,15,16). The number of nitrogens with zero attached hydrogens (tertiary/aromatic N) is 1. The SMILES string of the molecule is CCCC1(C(=O)O)CCN(C2CCC2)CC1. The lowest BCUT2D eigenvalue weighted by Crippen LogP contribution is -2.50. The van der Waals surface area contributed by atoms with Crippen LogP contribution in [0.3, 0.4) is 0 Å². The highest BCUT2D eigenvalue weighted by Gasteiger charge is 2.42. The number of aliphatic carboxylic acids is 1. The third-order valence-electron chi connectivity index (χ3n) is 4.53. The molecular weight excluding hydrogens is 202 g/mol. The average Bonchev–Trinajstić information content (AvgIpc) is 2.18. The topological polar surface area (TPSA) is 40.5 Å². The van der Waals surface area contributed by atoms with E-state index >= 15 is 0 Å². The normalized spacial score (nSPS) is 26.3. The highest BCUT2D eigenvalue weighted by atomic mass is 16.4. The van der Waals surface area contributed by atoms with Crippen LogP contribution in [0.15, 0.2) is 0 Å². The average molecular weight is 225 g/mol. The van der Waals surface area contributed by atoms with Crippen molar-refractivity contribution in [3.05, 3.63) is 0 Å². The lowest BCUT2D eigenvalue weighted by Gasteiger charge is -2.45. The van der Waals surface area contributed by atoms with Gasteiger partial charge in [-0.15, -0.1) is 0 Å². The van der Waals surface area contributed by atoms with Crippen LogP contribution in [0.2, 0.25) is 0 Å². The van der Waals surface area contributed by atoms with Gasteiger partial charge in [0.1, 0.15) is 0 Å². The molecule has 0 bridgehead atoms. The fourth-order valence-electron chi connectivity index (χ4n) is 3.12. The predicted octanol–water partition coefficient (Wildman–Crippen LogP) is 2.51. The monoisotopic (exact) mass is 225 g/mol. The Bertz CT molecular complexity index is 253. The molecule has 0 atom stereocenters. The molecule has 1 aliphatic heterocycles. The lowest BCUT2D eigenvalue weighted by atomic mass is 9.74. The Morgan fingerprint density at radius 3 is 2.38 bits per heavy atom. The molecule has 0 radical (unpaired) electrons. The van der Waals surface area contributed by atoms with Crippen molar-refractivity contribution in [1.82, 2.24) is 4.90 Å². The first-order chi connectivity index (χ1) is 7.68. The summed E-state index contributed by atoms with van der Waals surface area (Å²) in [7, 11) is 0. The van der Waals surface area contributed by atoms with E-state index < -0.39 is 11.4 Å². The van der Waals surface area contributed by atoms with Crippen molar-refractivity contribution in [2.24, 2.45) is 5.41 Å². The second-order valence-corrected chi connectivity index (χ2v) is 5.46. The van der Waals surface area contributed by atoms with Gasteiger partial charge < -0.3 is 10.0 Å². The number of piperidine rings is 1. The quantitative estimate of drug-likeness (QED) is 0.799. The van der Waals surface area contributed by atoms with E-state index in [0.29, 0.717) is 0 Å². The van der Waals surface area contributed by atoms with Crippen molar-refractivity contribution in [1.29, 1.82) is 0 Å². The second kappa shape index (κ2) is 4.74. The van der Waals surface area contributed by atoms with Crippen LogP contribution >= 0.6 is 0 Å². The minimum Gasteiger partial charge on any atom is -0.481 e. The van der Waals surface area contributed by atoms with Gasteiger partial charge in [0.05, 0.1) is 5.41 Å². The molecule has 1 aliphatic carbocycles. The van der Waals surface area contributed by atoms with Crippen LogP contribution in [0.4, 0.5) is 0 Å². The number of likely N-dealkylation sites (tertiary alicyclic amines) is 1. The van der Waals surface area contributed by atoms with Gasteiger partial charge in [0, 0.05) is 6.04 Å². The van der Waals surface area contributed by atoms with Gasteiger partial charge in [0.25, 0.3) is 0 Å². The molecule has 0 spiro atoms. The molecule has 0 aromatic carbocycles. The third kappa shape index (κ3) is 2.10. The number of hydrogen-bond donors (Lipinski definition) is 1. The van der Waals surface area contributed by atoms with Crippen LogP contribution in [0.25, 0.3) is 0 Å². The fourth-order valence-corrected chi connectivity index (χ4v) is 3.12. The summed E-state index contributed by atoms with van der Waals surface area (Å²) in [6.45, 7) is 4.08. The first-order valence-electron chi connectivity index (χ1n) is 6.65. The molecule has 1 N–H and O–H groups in total. The highest BCUT2D eigenvalue weighted by Crippen LogP contribution is 2.39. The fraction of sp³-hybridized carbons (Fsp3) is 0.923. The first kappa shape index (κ1) is 11.9. The van der Waals surface area contributed by atoms with Gasteiger partial charge in [-0.25, -0.2) is 0 Å². The molecule has 1 saturated heterocycles. The Labute approximate surface area is 97.8 Å². The molecule has 0 aromatic rings. The zero-order valence-corrected chi connectivity index (χ0v) is 10.2. The van der Waals surface area contributed by atoms with Crippen molar-refractivity contribution in [2.45, 2.75) is 57.9 Å². The molecule has 92 valence electrons. The molecule has 1 heterocycles. The van der Waals surface area contributed by atoms with E-state index in [2.05, 4.69) is 11.8 Å². The zero-order chi connectivity index (χ0) is 11.6. The largest absolute Gasteiger partial charge is 0.481 e. The van der Waals surface area contributed by atoms with E-state index in [1.807, 2.05) is 0 Å². The smallest absolute Gasteiger partial charge is 0.309 e. The maximum atomic E-state index is 11.4. The van der Waals surface area contributed by atoms with Crippen LogP contribution < -0.4 is 0 Å². The summed E-state index contributed by atoms with van der Waals surface area (Å²) in [5.74, 6) is -0.567. The Morgan fingerprint density at radius 2 is 2.00 bits per heavy atom. The summed E-state index contributed by atoms with van der Waals surface area (Å²) in [6, 6.07) is 0.772. The van der Waals surface area contributed by atoms with E-state index in [0.717, 1.165) is 44.8 Å². The summed E-state index contributed by atoms with van der Waals surface area (Å²) >= 11 is 0. The summed E-state index contributed by atoms with van der Waals surface area (Å²) in [4.78, 5) is 13.9. The number of carboxylic acids is 1. The van der Waals surface area contributed by atoms with Crippen molar-refractivity contribution in [3.8, 4) is 0 Å². The number of carbonyl (C=O) groups is 1. The molecular formula is C13H23NO2. The molecule has 2 fully saturated rings. The van der Waals surface area contributed by atoms with E-state index in [4.69, 9.17) is 0 Å².